The van der Waals surface area contributed by atoms with Gasteiger partial charge in [-0.1, -0.05) is 60.7 Å². The van der Waals surface area contributed by atoms with Crippen molar-refractivity contribution in [2.24, 2.45) is 0 Å². The fourth-order valence-corrected chi connectivity index (χ4v) is 5.57. The van der Waals surface area contributed by atoms with Crippen LogP contribution in [0.5, 0.6) is 0 Å². The van der Waals surface area contributed by atoms with Crippen LogP contribution in [0.1, 0.15) is 0 Å². The van der Waals surface area contributed by atoms with E-state index in [1.165, 1.54) is 12.1 Å². The molecule has 0 aliphatic heterocycles. The van der Waals surface area contributed by atoms with Crippen molar-refractivity contribution in [3.63, 3.8) is 0 Å². The molecule has 0 amide bonds. The van der Waals surface area contributed by atoms with E-state index < -0.39 is 18.1 Å². The molecular weight excluding hydrogens is 439 g/mol. The second-order valence-electron chi connectivity index (χ2n) is 6.20. The number of rotatable bonds is 3. The van der Waals surface area contributed by atoms with Crippen LogP contribution in [0.25, 0.3) is 32.7 Å². The molecule has 0 bridgehead atoms. The molecular formula is C20H12Cl2O4S2. The predicted octanol–water partition coefficient (Wildman–Crippen LogP) is 5.52. The monoisotopic (exact) mass is 450 g/mol. The van der Waals surface area contributed by atoms with Crippen LogP contribution in [0.3, 0.4) is 0 Å². The van der Waals surface area contributed by atoms with Gasteiger partial charge in [-0.25, -0.2) is 16.8 Å². The molecule has 4 aromatic rings. The van der Waals surface area contributed by atoms with Crippen molar-refractivity contribution in [2.45, 2.75) is 9.79 Å². The number of hydrogen-bond acceptors (Lipinski definition) is 4. The van der Waals surface area contributed by atoms with Crippen LogP contribution in [0.4, 0.5) is 0 Å². The van der Waals surface area contributed by atoms with E-state index in [4.69, 9.17) is 21.4 Å². The maximum atomic E-state index is 12.4. The molecule has 0 unspecified atom stereocenters. The Kier molecular flexibility index (Phi) is 4.62. The first-order chi connectivity index (χ1) is 13.2. The van der Waals surface area contributed by atoms with Gasteiger partial charge in [0.1, 0.15) is 0 Å². The van der Waals surface area contributed by atoms with Gasteiger partial charge in [-0.05, 0) is 33.7 Å². The fraction of sp³-hybridized carbons (Fsp3) is 0. The summed E-state index contributed by atoms with van der Waals surface area (Å²) in [7, 11) is 3.10. The highest BCUT2D eigenvalue weighted by molar-refractivity contribution is 8.14. The van der Waals surface area contributed by atoms with Crippen LogP contribution in [-0.2, 0) is 18.1 Å². The molecule has 142 valence electrons. The van der Waals surface area contributed by atoms with Gasteiger partial charge in [0.05, 0.1) is 9.79 Å². The molecule has 8 heteroatoms. The molecule has 4 rings (SSSR count). The first kappa shape index (κ1) is 19.2. The Labute approximate surface area is 171 Å². The van der Waals surface area contributed by atoms with Crippen molar-refractivity contribution < 1.29 is 16.8 Å². The summed E-state index contributed by atoms with van der Waals surface area (Å²) in [5, 5.41) is 2.60. The largest absolute Gasteiger partial charge is 0.261 e. The van der Waals surface area contributed by atoms with E-state index in [9.17, 15) is 16.8 Å². The highest BCUT2D eigenvalue weighted by Crippen LogP contribution is 2.43. The molecule has 0 spiro atoms. The Morgan fingerprint density at radius 1 is 0.500 bits per heavy atom. The minimum atomic E-state index is -4.17. The first-order valence-electron chi connectivity index (χ1n) is 8.11. The molecule has 4 nitrogen and oxygen atoms in total. The molecule has 0 saturated heterocycles. The minimum Gasteiger partial charge on any atom is -0.207 e. The molecule has 0 aliphatic rings. The van der Waals surface area contributed by atoms with E-state index in [2.05, 4.69) is 0 Å². The third-order valence-corrected chi connectivity index (χ3v) is 7.29. The summed E-state index contributed by atoms with van der Waals surface area (Å²) < 4.78 is 49.4. The molecule has 0 N–H and O–H groups in total. The van der Waals surface area contributed by atoms with Gasteiger partial charge in [-0.2, -0.15) is 0 Å². The van der Waals surface area contributed by atoms with Crippen molar-refractivity contribution >= 4 is 61.0 Å². The van der Waals surface area contributed by atoms with Crippen molar-refractivity contribution in [1.29, 1.82) is 0 Å². The van der Waals surface area contributed by atoms with E-state index in [-0.39, 0.29) is 20.9 Å². The van der Waals surface area contributed by atoms with Gasteiger partial charge in [0.25, 0.3) is 18.1 Å². The third-order valence-electron chi connectivity index (χ3n) is 4.56. The quantitative estimate of drug-likeness (QED) is 0.385. The molecule has 0 aliphatic carbocycles. The SMILES string of the molecule is O=S(=O)(Cl)c1ccc2ccccc2c1-c1c(S(=O)(=O)Cl)ccc2ccccc12. The van der Waals surface area contributed by atoms with Crippen molar-refractivity contribution in [3.8, 4) is 11.1 Å². The van der Waals surface area contributed by atoms with Crippen LogP contribution in [-0.4, -0.2) is 16.8 Å². The smallest absolute Gasteiger partial charge is 0.207 e. The highest BCUT2D eigenvalue weighted by Gasteiger charge is 2.26. The lowest BCUT2D eigenvalue weighted by molar-refractivity contribution is 0.607. The zero-order valence-electron chi connectivity index (χ0n) is 14.1. The summed E-state index contributed by atoms with van der Waals surface area (Å²) in [6.07, 6.45) is 0. The standard InChI is InChI=1S/C20H12Cl2O4S2/c21-27(23,24)17-11-9-13-5-1-3-7-15(13)19(17)20-16-8-4-2-6-14(16)10-12-18(20)28(22,25)26/h1-12H. The Balaban J connectivity index is 2.34. The maximum Gasteiger partial charge on any atom is 0.261 e. The average Bonchev–Trinajstić information content (AvgIpc) is 2.64. The zero-order valence-corrected chi connectivity index (χ0v) is 17.3. The molecule has 0 aromatic heterocycles. The topological polar surface area (TPSA) is 68.3 Å². The number of halogens is 2. The lowest BCUT2D eigenvalue weighted by Crippen LogP contribution is -2.01. The van der Waals surface area contributed by atoms with Gasteiger partial charge in [0.2, 0.25) is 0 Å². The maximum absolute atomic E-state index is 12.4. The van der Waals surface area contributed by atoms with Gasteiger partial charge in [-0.3, -0.25) is 0 Å². The van der Waals surface area contributed by atoms with Crippen molar-refractivity contribution in [3.05, 3.63) is 72.8 Å². The second-order valence-corrected chi connectivity index (χ2v) is 11.3. The number of fused-ring (bicyclic) bond motifs is 2. The van der Waals surface area contributed by atoms with E-state index >= 15 is 0 Å². The first-order valence-corrected chi connectivity index (χ1v) is 12.7. The summed E-state index contributed by atoms with van der Waals surface area (Å²) in [4.78, 5) is -0.350. The van der Waals surface area contributed by atoms with Gasteiger partial charge < -0.3 is 0 Å². The van der Waals surface area contributed by atoms with Crippen LogP contribution < -0.4 is 0 Å². The van der Waals surface area contributed by atoms with Gasteiger partial charge >= 0.3 is 0 Å². The Bertz CT molecular complexity index is 1350. The van der Waals surface area contributed by atoms with E-state index in [1.807, 2.05) is 24.3 Å². The minimum absolute atomic E-state index is 0.175. The Morgan fingerprint density at radius 2 is 0.857 bits per heavy atom. The molecule has 0 atom stereocenters. The van der Waals surface area contributed by atoms with Crippen LogP contribution >= 0.6 is 21.4 Å². The lowest BCUT2D eigenvalue weighted by atomic mass is 9.94. The number of hydrogen-bond donors (Lipinski definition) is 0. The Morgan fingerprint density at radius 3 is 1.21 bits per heavy atom. The fourth-order valence-electron chi connectivity index (χ4n) is 3.43. The molecule has 0 saturated carbocycles. The van der Waals surface area contributed by atoms with Crippen LogP contribution in [0.15, 0.2) is 82.6 Å². The van der Waals surface area contributed by atoms with E-state index in [0.717, 1.165) is 10.8 Å². The molecule has 0 heterocycles. The van der Waals surface area contributed by atoms with Gasteiger partial charge in [0, 0.05) is 32.5 Å². The molecule has 0 radical (unpaired) electrons. The number of benzene rings is 4. The Hall–Kier alpha value is -2.12. The van der Waals surface area contributed by atoms with Crippen LogP contribution in [0, 0.1) is 0 Å². The summed E-state index contributed by atoms with van der Waals surface area (Å²) in [6, 6.07) is 20.2. The van der Waals surface area contributed by atoms with E-state index in [0.29, 0.717) is 10.8 Å². The molecule has 0 fully saturated rings. The molecule has 4 aromatic carbocycles. The average molecular weight is 451 g/mol. The van der Waals surface area contributed by atoms with Gasteiger partial charge in [0.15, 0.2) is 0 Å². The third kappa shape index (κ3) is 3.26. The molecule has 28 heavy (non-hydrogen) atoms. The zero-order chi connectivity index (χ0) is 20.1. The predicted molar refractivity (Wildman–Crippen MR) is 113 cm³/mol. The van der Waals surface area contributed by atoms with Crippen LogP contribution in [0.2, 0.25) is 0 Å². The lowest BCUT2D eigenvalue weighted by Gasteiger charge is -2.16. The highest BCUT2D eigenvalue weighted by atomic mass is 35.7. The van der Waals surface area contributed by atoms with E-state index in [1.54, 1.807) is 36.4 Å². The van der Waals surface area contributed by atoms with Crippen molar-refractivity contribution in [2.75, 3.05) is 0 Å². The normalized spacial score (nSPS) is 12.5. The van der Waals surface area contributed by atoms with Crippen molar-refractivity contribution in [1.82, 2.24) is 0 Å². The summed E-state index contributed by atoms with van der Waals surface area (Å²) in [5.41, 5.74) is 0.424. The summed E-state index contributed by atoms with van der Waals surface area (Å²) in [6.45, 7) is 0. The summed E-state index contributed by atoms with van der Waals surface area (Å²) >= 11 is 0. The van der Waals surface area contributed by atoms with Gasteiger partial charge in [-0.15, -0.1) is 0 Å². The summed E-state index contributed by atoms with van der Waals surface area (Å²) in [5.74, 6) is 0. The second kappa shape index (κ2) is 6.74.